The lowest BCUT2D eigenvalue weighted by atomic mass is 10.1. The molecule has 2 aliphatic heterocycles. The number of carbonyl (C=O) groups excluding carboxylic acids is 4. The number of benzene rings is 4. The third kappa shape index (κ3) is 11.4. The molecule has 276 valence electrons. The van der Waals surface area contributed by atoms with Crippen LogP contribution in [0.25, 0.3) is 0 Å². The standard InChI is InChI=1S/C17H14FNO3.C9H12FNO.C8H4O3.C6H15N/c18-12-7-5-11(6-8-12)9-13(10-20)19-16(21)14-3-1-2-4-15(14)17(19)22;10-8-3-1-7(2-4-8)5-9(11)6-12;9-7-5-3-1-2-4-6(5)8(10)11-7;1-4-7(5-2)6-3/h1-8,13,20H,9-10H2;1-4,9,12H,5-6,11H2;1-4H;4-6H2,1-3H3/t13-;9-;;/m00../s1. The number of hydrogen-bond acceptors (Lipinski definition) is 9. The maximum absolute atomic E-state index is 12.9. The van der Waals surface area contributed by atoms with E-state index in [0.717, 1.165) is 16.0 Å². The van der Waals surface area contributed by atoms with Gasteiger partial charge in [0.05, 0.1) is 41.5 Å². The van der Waals surface area contributed by atoms with Gasteiger partial charge in [-0.1, -0.05) is 69.3 Å². The lowest BCUT2D eigenvalue weighted by molar-refractivity contribution is 0.0440. The molecule has 6 rings (SSSR count). The maximum atomic E-state index is 12.9. The number of ether oxygens (including phenoxy) is 1. The van der Waals surface area contributed by atoms with Crippen molar-refractivity contribution in [3.63, 3.8) is 0 Å². The molecule has 0 radical (unpaired) electrons. The van der Waals surface area contributed by atoms with Crippen LogP contribution in [0.5, 0.6) is 0 Å². The first-order valence-electron chi connectivity index (χ1n) is 17.0. The molecule has 0 aromatic heterocycles. The van der Waals surface area contributed by atoms with Crippen LogP contribution in [0.2, 0.25) is 0 Å². The van der Waals surface area contributed by atoms with Gasteiger partial charge in [-0.2, -0.15) is 0 Å². The number of halogens is 2. The number of rotatable bonds is 10. The van der Waals surface area contributed by atoms with Gasteiger partial charge in [0.2, 0.25) is 0 Å². The average molecular weight is 718 g/mol. The van der Waals surface area contributed by atoms with Crippen molar-refractivity contribution < 1.29 is 42.9 Å². The Hall–Kier alpha value is -5.14. The van der Waals surface area contributed by atoms with Crippen LogP contribution in [0, 0.1) is 11.6 Å². The van der Waals surface area contributed by atoms with E-state index in [-0.39, 0.29) is 37.3 Å². The summed E-state index contributed by atoms with van der Waals surface area (Å²) >= 11 is 0. The first kappa shape index (κ1) is 41.3. The minimum absolute atomic E-state index is 0.0443. The molecule has 0 fully saturated rings. The Morgan fingerprint density at radius 1 is 0.615 bits per heavy atom. The lowest BCUT2D eigenvalue weighted by Crippen LogP contribution is -2.43. The van der Waals surface area contributed by atoms with E-state index in [9.17, 15) is 33.1 Å². The van der Waals surface area contributed by atoms with Gasteiger partial charge in [0.25, 0.3) is 11.8 Å². The van der Waals surface area contributed by atoms with Crippen molar-refractivity contribution in [3.8, 4) is 0 Å². The first-order valence-corrected chi connectivity index (χ1v) is 17.0. The second kappa shape index (κ2) is 20.6. The highest BCUT2D eigenvalue weighted by molar-refractivity contribution is 6.21. The smallest absolute Gasteiger partial charge is 0.346 e. The third-order valence-electron chi connectivity index (χ3n) is 8.33. The van der Waals surface area contributed by atoms with Gasteiger partial charge in [-0.3, -0.25) is 14.5 Å². The molecule has 52 heavy (non-hydrogen) atoms. The van der Waals surface area contributed by atoms with Crippen LogP contribution in [0.4, 0.5) is 8.78 Å². The summed E-state index contributed by atoms with van der Waals surface area (Å²) in [7, 11) is 0. The molecular weight excluding hydrogens is 672 g/mol. The zero-order valence-electron chi connectivity index (χ0n) is 29.5. The van der Waals surface area contributed by atoms with Crippen LogP contribution in [0.15, 0.2) is 97.1 Å². The number of aliphatic hydroxyl groups is 2. The molecule has 2 amide bonds. The molecule has 2 atom stereocenters. The van der Waals surface area contributed by atoms with Gasteiger partial charge in [0.1, 0.15) is 11.6 Å². The van der Waals surface area contributed by atoms with Gasteiger partial charge >= 0.3 is 11.9 Å². The number of aliphatic hydroxyl groups excluding tert-OH is 2. The lowest BCUT2D eigenvalue weighted by Gasteiger charge is -2.24. The van der Waals surface area contributed by atoms with Crippen LogP contribution in [-0.4, -0.2) is 88.7 Å². The number of cyclic esters (lactones) is 2. The Kier molecular flexibility index (Phi) is 16.4. The largest absolute Gasteiger partial charge is 0.395 e. The minimum atomic E-state index is -0.669. The molecule has 2 aliphatic rings. The van der Waals surface area contributed by atoms with Gasteiger partial charge in [0, 0.05) is 6.04 Å². The molecule has 0 unspecified atom stereocenters. The summed E-state index contributed by atoms with van der Waals surface area (Å²) in [4.78, 5) is 49.9. The number of fused-ring (bicyclic) bond motifs is 2. The number of hydrogen-bond donors (Lipinski definition) is 3. The van der Waals surface area contributed by atoms with E-state index in [1.165, 1.54) is 43.9 Å². The van der Waals surface area contributed by atoms with Crippen LogP contribution in [0.3, 0.4) is 0 Å². The molecule has 4 aromatic carbocycles. The minimum Gasteiger partial charge on any atom is -0.395 e. The van der Waals surface area contributed by atoms with Crippen molar-refractivity contribution >= 4 is 23.8 Å². The molecule has 4 N–H and O–H groups in total. The second-order valence-corrected chi connectivity index (χ2v) is 11.8. The Labute approximate surface area is 302 Å². The van der Waals surface area contributed by atoms with Gasteiger partial charge in [-0.25, -0.2) is 18.4 Å². The van der Waals surface area contributed by atoms with E-state index in [4.69, 9.17) is 10.8 Å². The topological polar surface area (TPSA) is 150 Å². The highest BCUT2D eigenvalue weighted by Gasteiger charge is 2.39. The highest BCUT2D eigenvalue weighted by Crippen LogP contribution is 2.26. The summed E-state index contributed by atoms with van der Waals surface area (Å²) < 4.78 is 29.7. The number of esters is 2. The summed E-state index contributed by atoms with van der Waals surface area (Å²) in [5.74, 6) is -2.51. The molecule has 0 bridgehead atoms. The summed E-state index contributed by atoms with van der Waals surface area (Å²) in [5, 5.41) is 18.2. The number of imide groups is 1. The zero-order chi connectivity index (χ0) is 38.2. The van der Waals surface area contributed by atoms with Gasteiger partial charge < -0.3 is 25.6 Å². The summed E-state index contributed by atoms with van der Waals surface area (Å²) in [5.41, 5.74) is 8.61. The average Bonchev–Trinajstić information content (AvgIpc) is 3.60. The van der Waals surface area contributed by atoms with Crippen molar-refractivity contribution in [1.82, 2.24) is 9.80 Å². The fourth-order valence-electron chi connectivity index (χ4n) is 5.36. The fraction of sp³-hybridized carbons (Fsp3) is 0.300. The van der Waals surface area contributed by atoms with Crippen LogP contribution in [0.1, 0.15) is 73.3 Å². The van der Waals surface area contributed by atoms with E-state index in [2.05, 4.69) is 30.4 Å². The molecule has 0 saturated carbocycles. The Morgan fingerprint density at radius 3 is 1.35 bits per heavy atom. The summed E-state index contributed by atoms with van der Waals surface area (Å²) in [6, 6.07) is 24.1. The normalized spacial score (nSPS) is 13.8. The molecule has 0 aliphatic carbocycles. The molecule has 12 heteroatoms. The predicted octanol–water partition coefficient (Wildman–Crippen LogP) is 5.06. The third-order valence-corrected chi connectivity index (χ3v) is 8.33. The van der Waals surface area contributed by atoms with Crippen molar-refractivity contribution in [1.29, 1.82) is 0 Å². The second-order valence-electron chi connectivity index (χ2n) is 11.8. The van der Waals surface area contributed by atoms with Crippen LogP contribution in [-0.2, 0) is 17.6 Å². The molecule has 10 nitrogen and oxygen atoms in total. The number of amides is 2. The molecule has 0 spiro atoms. The Bertz CT molecular complexity index is 1710. The van der Waals surface area contributed by atoms with E-state index in [1.807, 2.05) is 0 Å². The van der Waals surface area contributed by atoms with Crippen molar-refractivity contribution in [3.05, 3.63) is 142 Å². The summed E-state index contributed by atoms with van der Waals surface area (Å²) in [6.07, 6.45) is 0.860. The zero-order valence-corrected chi connectivity index (χ0v) is 29.5. The van der Waals surface area contributed by atoms with Crippen molar-refractivity contribution in [2.45, 2.75) is 45.7 Å². The fourth-order valence-corrected chi connectivity index (χ4v) is 5.36. The van der Waals surface area contributed by atoms with Gasteiger partial charge in [0.15, 0.2) is 0 Å². The van der Waals surface area contributed by atoms with Crippen molar-refractivity contribution in [2.24, 2.45) is 5.73 Å². The van der Waals surface area contributed by atoms with E-state index in [0.29, 0.717) is 28.7 Å². The van der Waals surface area contributed by atoms with Crippen LogP contribution >= 0.6 is 0 Å². The molecule has 2 heterocycles. The van der Waals surface area contributed by atoms with E-state index in [1.54, 1.807) is 72.8 Å². The SMILES string of the molecule is CCN(CC)CC.N[C@H](CO)Cc1ccc(F)cc1.O=C1OC(=O)c2ccccc21.O=C1c2ccccc2C(=O)N1[C@H](CO)Cc1ccc(F)cc1. The number of carbonyl (C=O) groups is 4. The van der Waals surface area contributed by atoms with E-state index >= 15 is 0 Å². The number of nitrogens with two attached hydrogens (primary N) is 1. The first-order chi connectivity index (χ1) is 25.0. The number of nitrogens with zero attached hydrogens (tertiary/aromatic N) is 2. The highest BCUT2D eigenvalue weighted by atomic mass is 19.1. The quantitative estimate of drug-likeness (QED) is 0.116. The summed E-state index contributed by atoms with van der Waals surface area (Å²) in [6.45, 7) is 9.74. The van der Waals surface area contributed by atoms with Gasteiger partial charge in [-0.05, 0) is 92.1 Å². The maximum Gasteiger partial charge on any atom is 0.346 e. The van der Waals surface area contributed by atoms with Crippen LogP contribution < -0.4 is 5.73 Å². The van der Waals surface area contributed by atoms with Crippen molar-refractivity contribution in [2.75, 3.05) is 32.8 Å². The predicted molar refractivity (Wildman–Crippen MR) is 193 cm³/mol. The molecule has 0 saturated heterocycles. The molecular formula is C40H45F2N3O7. The van der Waals surface area contributed by atoms with E-state index < -0.39 is 29.8 Å². The Morgan fingerprint density at radius 2 is 1.00 bits per heavy atom. The van der Waals surface area contributed by atoms with Gasteiger partial charge in [-0.15, -0.1) is 0 Å². The Balaban J connectivity index is 0.000000206. The molecule has 4 aromatic rings. The monoisotopic (exact) mass is 717 g/mol.